The Hall–Kier alpha value is -1.05. The van der Waals surface area contributed by atoms with E-state index in [0.717, 1.165) is 31.4 Å². The number of hydrogen-bond acceptors (Lipinski definition) is 3. The third-order valence-corrected chi connectivity index (χ3v) is 3.20. The third-order valence-electron chi connectivity index (χ3n) is 2.83. The zero-order valence-electron chi connectivity index (χ0n) is 11.6. The van der Waals surface area contributed by atoms with Crippen molar-refractivity contribution in [2.24, 2.45) is 0 Å². The first kappa shape index (κ1) is 17.0. The molecule has 0 bridgehead atoms. The molecule has 0 aromatic heterocycles. The summed E-state index contributed by atoms with van der Waals surface area (Å²) in [7, 11) is 0. The van der Waals surface area contributed by atoms with Gasteiger partial charge in [-0.15, -0.1) is 12.3 Å². The number of rotatable bonds is 10. The van der Waals surface area contributed by atoms with Gasteiger partial charge in [-0.05, 0) is 31.0 Å². The molecule has 0 radical (unpaired) electrons. The van der Waals surface area contributed by atoms with E-state index in [4.69, 9.17) is 22.8 Å². The summed E-state index contributed by atoms with van der Waals surface area (Å²) in [6.45, 7) is 2.10. The van der Waals surface area contributed by atoms with Gasteiger partial charge >= 0.3 is 0 Å². The summed E-state index contributed by atoms with van der Waals surface area (Å²) in [5, 5.41) is 13.6. The lowest BCUT2D eigenvalue weighted by molar-refractivity contribution is 0.0289. The normalized spacial score (nSPS) is 12.1. The average molecular weight is 296 g/mol. The number of benzene rings is 1. The topological polar surface area (TPSA) is 41.5 Å². The van der Waals surface area contributed by atoms with Crippen LogP contribution < -0.4 is 5.32 Å². The number of nitrogens with one attached hydrogen (secondary N) is 1. The van der Waals surface area contributed by atoms with Crippen LogP contribution in [0.1, 0.15) is 24.8 Å². The predicted octanol–water partition coefficient (Wildman–Crippen LogP) is 2.61. The lowest BCUT2D eigenvalue weighted by Gasteiger charge is -2.12. The van der Waals surface area contributed by atoms with Crippen LogP contribution in [0.3, 0.4) is 0 Å². The van der Waals surface area contributed by atoms with Crippen LogP contribution in [0.25, 0.3) is 0 Å². The lowest BCUT2D eigenvalue weighted by Crippen LogP contribution is -2.31. The molecule has 20 heavy (non-hydrogen) atoms. The summed E-state index contributed by atoms with van der Waals surface area (Å²) in [5.41, 5.74) is 0.934. The van der Waals surface area contributed by atoms with Crippen molar-refractivity contribution >= 4 is 11.6 Å². The first-order valence-electron chi connectivity index (χ1n) is 6.87. The molecule has 2 N–H and O–H groups in total. The van der Waals surface area contributed by atoms with Crippen LogP contribution >= 0.6 is 11.6 Å². The Morgan fingerprint density at radius 2 is 2.15 bits per heavy atom. The van der Waals surface area contributed by atoms with E-state index in [1.54, 1.807) is 0 Å². The van der Waals surface area contributed by atoms with Crippen molar-refractivity contribution in [1.29, 1.82) is 0 Å². The van der Waals surface area contributed by atoms with Gasteiger partial charge in [0.1, 0.15) is 0 Å². The summed E-state index contributed by atoms with van der Waals surface area (Å²) < 4.78 is 5.46. The number of hydrogen-bond donors (Lipinski definition) is 2. The Morgan fingerprint density at radius 1 is 1.35 bits per heavy atom. The maximum absolute atomic E-state index is 9.75. The van der Waals surface area contributed by atoms with Gasteiger partial charge in [-0.25, -0.2) is 0 Å². The Labute approximate surface area is 126 Å². The SMILES string of the molecule is C#CCCCCNCC(O)COCc1ccccc1Cl. The molecule has 110 valence electrons. The summed E-state index contributed by atoms with van der Waals surface area (Å²) >= 11 is 6.01. The quantitative estimate of drug-likeness (QED) is 0.515. The number of aliphatic hydroxyl groups excluding tert-OH is 1. The number of unbranched alkanes of at least 4 members (excludes halogenated alkanes) is 2. The molecule has 0 aliphatic carbocycles. The van der Waals surface area contributed by atoms with Crippen molar-refractivity contribution in [3.8, 4) is 12.3 Å². The van der Waals surface area contributed by atoms with Crippen LogP contribution in [-0.2, 0) is 11.3 Å². The molecule has 1 rings (SSSR count). The van der Waals surface area contributed by atoms with Crippen molar-refractivity contribution < 1.29 is 9.84 Å². The van der Waals surface area contributed by atoms with Crippen LogP contribution in [0.4, 0.5) is 0 Å². The highest BCUT2D eigenvalue weighted by atomic mass is 35.5. The Balaban J connectivity index is 2.04. The Morgan fingerprint density at radius 3 is 2.90 bits per heavy atom. The van der Waals surface area contributed by atoms with Crippen molar-refractivity contribution in [2.45, 2.75) is 32.0 Å². The molecular formula is C16H22ClNO2. The molecule has 0 amide bonds. The van der Waals surface area contributed by atoms with E-state index in [9.17, 15) is 5.11 Å². The number of aliphatic hydroxyl groups is 1. The molecule has 0 heterocycles. The maximum Gasteiger partial charge on any atom is 0.0897 e. The zero-order valence-corrected chi connectivity index (χ0v) is 12.4. The van der Waals surface area contributed by atoms with Crippen molar-refractivity contribution in [3.63, 3.8) is 0 Å². The molecule has 1 aromatic rings. The number of ether oxygens (including phenoxy) is 1. The highest BCUT2D eigenvalue weighted by Gasteiger charge is 2.05. The van der Waals surface area contributed by atoms with Gasteiger partial charge in [0.2, 0.25) is 0 Å². The summed E-state index contributed by atoms with van der Waals surface area (Å²) in [6, 6.07) is 7.54. The van der Waals surface area contributed by atoms with Crippen LogP contribution in [-0.4, -0.2) is 30.9 Å². The standard InChI is InChI=1S/C16H22ClNO2/c1-2-3-4-7-10-18-11-15(19)13-20-12-14-8-5-6-9-16(14)17/h1,5-6,8-9,15,18-19H,3-4,7,10-13H2. The second kappa shape index (κ2) is 10.7. The van der Waals surface area contributed by atoms with Gasteiger partial charge in [0.25, 0.3) is 0 Å². The fourth-order valence-corrected chi connectivity index (χ4v) is 1.92. The molecule has 0 saturated heterocycles. The second-order valence-electron chi connectivity index (χ2n) is 4.63. The van der Waals surface area contributed by atoms with E-state index < -0.39 is 6.10 Å². The van der Waals surface area contributed by atoms with E-state index in [1.165, 1.54) is 0 Å². The first-order valence-corrected chi connectivity index (χ1v) is 7.25. The molecule has 4 heteroatoms. The van der Waals surface area contributed by atoms with Crippen molar-refractivity contribution in [3.05, 3.63) is 34.9 Å². The Bertz CT molecular complexity index is 417. The smallest absolute Gasteiger partial charge is 0.0897 e. The van der Waals surface area contributed by atoms with Gasteiger partial charge in [0, 0.05) is 18.0 Å². The highest BCUT2D eigenvalue weighted by molar-refractivity contribution is 6.31. The van der Waals surface area contributed by atoms with Gasteiger partial charge < -0.3 is 15.2 Å². The molecule has 0 aliphatic rings. The van der Waals surface area contributed by atoms with E-state index in [2.05, 4.69) is 11.2 Å². The van der Waals surface area contributed by atoms with E-state index in [-0.39, 0.29) is 0 Å². The Kier molecular flexibility index (Phi) is 9.10. The van der Waals surface area contributed by atoms with Crippen LogP contribution in [0, 0.1) is 12.3 Å². The van der Waals surface area contributed by atoms with Gasteiger partial charge in [0.05, 0.1) is 19.3 Å². The molecular weight excluding hydrogens is 274 g/mol. The van der Waals surface area contributed by atoms with E-state index in [0.29, 0.717) is 24.8 Å². The molecule has 0 fully saturated rings. The van der Waals surface area contributed by atoms with Crippen LogP contribution in [0.5, 0.6) is 0 Å². The molecule has 0 spiro atoms. The lowest BCUT2D eigenvalue weighted by atomic mass is 10.2. The minimum atomic E-state index is -0.509. The fourth-order valence-electron chi connectivity index (χ4n) is 1.73. The summed E-state index contributed by atoms with van der Waals surface area (Å²) in [6.07, 6.45) is 7.51. The van der Waals surface area contributed by atoms with Crippen molar-refractivity contribution in [2.75, 3.05) is 19.7 Å². The highest BCUT2D eigenvalue weighted by Crippen LogP contribution is 2.15. The third kappa shape index (κ3) is 7.52. The first-order chi connectivity index (χ1) is 9.74. The monoisotopic (exact) mass is 295 g/mol. The molecule has 0 saturated carbocycles. The molecule has 0 aliphatic heterocycles. The largest absolute Gasteiger partial charge is 0.389 e. The van der Waals surface area contributed by atoms with Gasteiger partial charge in [-0.2, -0.15) is 0 Å². The molecule has 3 nitrogen and oxygen atoms in total. The molecule has 1 unspecified atom stereocenters. The number of terminal acetylenes is 1. The predicted molar refractivity (Wildman–Crippen MR) is 82.7 cm³/mol. The average Bonchev–Trinajstić information content (AvgIpc) is 2.45. The van der Waals surface area contributed by atoms with Gasteiger partial charge in [-0.1, -0.05) is 29.8 Å². The van der Waals surface area contributed by atoms with Crippen molar-refractivity contribution in [1.82, 2.24) is 5.32 Å². The van der Waals surface area contributed by atoms with Gasteiger partial charge in [0.15, 0.2) is 0 Å². The fraction of sp³-hybridized carbons (Fsp3) is 0.500. The van der Waals surface area contributed by atoms with E-state index in [1.807, 2.05) is 24.3 Å². The number of halogens is 1. The van der Waals surface area contributed by atoms with Crippen LogP contribution in [0.15, 0.2) is 24.3 Å². The van der Waals surface area contributed by atoms with Gasteiger partial charge in [-0.3, -0.25) is 0 Å². The summed E-state index contributed by atoms with van der Waals surface area (Å²) in [5.74, 6) is 2.61. The maximum atomic E-state index is 9.75. The minimum absolute atomic E-state index is 0.294. The zero-order chi connectivity index (χ0) is 14.6. The van der Waals surface area contributed by atoms with E-state index >= 15 is 0 Å². The molecule has 1 atom stereocenters. The minimum Gasteiger partial charge on any atom is -0.389 e. The molecule has 1 aromatic carbocycles. The van der Waals surface area contributed by atoms with Crippen LogP contribution in [0.2, 0.25) is 5.02 Å². The summed E-state index contributed by atoms with van der Waals surface area (Å²) in [4.78, 5) is 0. The second-order valence-corrected chi connectivity index (χ2v) is 5.03.